The molecule has 0 aliphatic heterocycles. The van der Waals surface area contributed by atoms with Crippen LogP contribution in [-0.4, -0.2) is 11.6 Å². The van der Waals surface area contributed by atoms with Crippen molar-refractivity contribution in [3.8, 4) is 11.8 Å². The van der Waals surface area contributed by atoms with Crippen LogP contribution in [0.1, 0.15) is 28.4 Å². The first-order valence-corrected chi connectivity index (χ1v) is 7.25. The molecule has 1 aromatic heterocycles. The first kappa shape index (κ1) is 14.5. The highest BCUT2D eigenvalue weighted by molar-refractivity contribution is 7.11. The molecule has 104 valence electrons. The molecule has 0 saturated heterocycles. The van der Waals surface area contributed by atoms with Crippen molar-refractivity contribution in [2.75, 3.05) is 6.61 Å². The summed E-state index contributed by atoms with van der Waals surface area (Å²) in [6.45, 7) is 5.03. The minimum absolute atomic E-state index is 0.0799. The molecular formula is C15H17N3OS. The van der Waals surface area contributed by atoms with Gasteiger partial charge in [-0.05, 0) is 31.5 Å². The van der Waals surface area contributed by atoms with Crippen LogP contribution in [0.3, 0.4) is 0 Å². The van der Waals surface area contributed by atoms with Gasteiger partial charge in [0.2, 0.25) is 0 Å². The lowest BCUT2D eigenvalue weighted by Gasteiger charge is -2.13. The summed E-state index contributed by atoms with van der Waals surface area (Å²) in [4.78, 5) is 5.56. The van der Waals surface area contributed by atoms with E-state index in [0.29, 0.717) is 0 Å². The van der Waals surface area contributed by atoms with Crippen molar-refractivity contribution in [2.45, 2.75) is 26.4 Å². The Morgan fingerprint density at radius 3 is 2.75 bits per heavy atom. The summed E-state index contributed by atoms with van der Waals surface area (Å²) in [5, 5.41) is 13.0. The average Bonchev–Trinajstić information content (AvgIpc) is 2.89. The van der Waals surface area contributed by atoms with E-state index in [9.17, 15) is 0 Å². The van der Waals surface area contributed by atoms with E-state index in [2.05, 4.69) is 24.1 Å². The fourth-order valence-electron chi connectivity index (χ4n) is 1.81. The lowest BCUT2D eigenvalue weighted by Crippen LogP contribution is -2.17. The first-order chi connectivity index (χ1) is 9.69. The Hall–Kier alpha value is -1.90. The zero-order chi connectivity index (χ0) is 14.4. The molecule has 0 aliphatic rings. The Balaban J connectivity index is 1.88. The van der Waals surface area contributed by atoms with Crippen molar-refractivity contribution < 1.29 is 4.74 Å². The molecule has 0 amide bonds. The molecule has 4 nitrogen and oxygen atoms in total. The number of hydrogen-bond acceptors (Lipinski definition) is 5. The van der Waals surface area contributed by atoms with Crippen molar-refractivity contribution in [3.63, 3.8) is 0 Å². The van der Waals surface area contributed by atoms with Gasteiger partial charge < -0.3 is 10.1 Å². The molecule has 0 aliphatic carbocycles. The van der Waals surface area contributed by atoms with Crippen molar-refractivity contribution in [2.24, 2.45) is 0 Å². The monoisotopic (exact) mass is 287 g/mol. The molecule has 1 N–H and O–H groups in total. The van der Waals surface area contributed by atoms with E-state index in [1.807, 2.05) is 36.5 Å². The van der Waals surface area contributed by atoms with Crippen LogP contribution in [0.25, 0.3) is 0 Å². The Bertz CT molecular complexity index is 586. The summed E-state index contributed by atoms with van der Waals surface area (Å²) in [6, 6.07) is 9.99. The highest BCUT2D eigenvalue weighted by atomic mass is 32.1. The topological polar surface area (TPSA) is 57.9 Å². The van der Waals surface area contributed by atoms with E-state index in [1.165, 1.54) is 10.4 Å². The third-order valence-corrected chi connectivity index (χ3v) is 3.82. The summed E-state index contributed by atoms with van der Waals surface area (Å²) < 4.78 is 5.23. The van der Waals surface area contributed by atoms with Gasteiger partial charge in [-0.1, -0.05) is 12.1 Å². The van der Waals surface area contributed by atoms with Crippen LogP contribution in [0.4, 0.5) is 0 Å². The van der Waals surface area contributed by atoms with E-state index in [4.69, 9.17) is 10.00 Å². The van der Waals surface area contributed by atoms with Gasteiger partial charge in [0.25, 0.3) is 0 Å². The van der Waals surface area contributed by atoms with Crippen LogP contribution in [0.5, 0.6) is 5.75 Å². The van der Waals surface area contributed by atoms with E-state index >= 15 is 0 Å². The van der Waals surface area contributed by atoms with Gasteiger partial charge in [0.15, 0.2) is 6.61 Å². The van der Waals surface area contributed by atoms with Gasteiger partial charge in [0.1, 0.15) is 16.8 Å². The van der Waals surface area contributed by atoms with E-state index in [-0.39, 0.29) is 12.6 Å². The molecule has 1 atom stereocenters. The third kappa shape index (κ3) is 4.05. The Labute approximate surface area is 123 Å². The molecule has 1 unspecified atom stereocenters. The Morgan fingerprint density at radius 2 is 2.15 bits per heavy atom. The number of hydrogen-bond donors (Lipinski definition) is 1. The van der Waals surface area contributed by atoms with Gasteiger partial charge in [0.05, 0.1) is 0 Å². The molecular weight excluding hydrogens is 270 g/mol. The lowest BCUT2D eigenvalue weighted by atomic mass is 10.1. The summed E-state index contributed by atoms with van der Waals surface area (Å²) >= 11 is 1.71. The van der Waals surface area contributed by atoms with Gasteiger partial charge in [-0.15, -0.1) is 11.3 Å². The number of nitrogens with zero attached hydrogens (tertiary/aromatic N) is 2. The number of nitrogens with one attached hydrogen (secondary N) is 1. The zero-order valence-electron chi connectivity index (χ0n) is 11.6. The van der Waals surface area contributed by atoms with Gasteiger partial charge in [-0.25, -0.2) is 4.98 Å². The first-order valence-electron chi connectivity index (χ1n) is 6.43. The molecule has 0 saturated carbocycles. The predicted molar refractivity (Wildman–Crippen MR) is 79.7 cm³/mol. The fraction of sp³-hybridized carbons (Fsp3) is 0.333. The maximum absolute atomic E-state index is 8.46. The summed E-state index contributed by atoms with van der Waals surface area (Å²) in [6.07, 6.45) is 1.90. The van der Waals surface area contributed by atoms with Crippen LogP contribution in [0.15, 0.2) is 30.5 Å². The number of thiazole rings is 1. The minimum atomic E-state index is 0.0799. The average molecular weight is 287 g/mol. The molecule has 2 rings (SSSR count). The molecule has 5 heteroatoms. The molecule has 1 aromatic carbocycles. The molecule has 0 radical (unpaired) electrons. The molecule has 20 heavy (non-hydrogen) atoms. The smallest absolute Gasteiger partial charge is 0.174 e. The van der Waals surface area contributed by atoms with Crippen LogP contribution in [0.2, 0.25) is 0 Å². The SMILES string of the molecule is Cc1cnc(CNC(C)c2ccc(OCC#N)cc2)s1. The minimum Gasteiger partial charge on any atom is -0.479 e. The number of rotatable bonds is 6. The number of benzene rings is 1. The zero-order valence-corrected chi connectivity index (χ0v) is 12.4. The van der Waals surface area contributed by atoms with Crippen molar-refractivity contribution >= 4 is 11.3 Å². The second kappa shape index (κ2) is 7.04. The summed E-state index contributed by atoms with van der Waals surface area (Å²) in [5.74, 6) is 0.720. The maximum atomic E-state index is 8.46. The third-order valence-electron chi connectivity index (χ3n) is 2.91. The molecule has 1 heterocycles. The van der Waals surface area contributed by atoms with Crippen LogP contribution >= 0.6 is 11.3 Å². The van der Waals surface area contributed by atoms with E-state index in [0.717, 1.165) is 17.3 Å². The fourth-order valence-corrected chi connectivity index (χ4v) is 2.55. The standard InChI is InChI=1S/C15H17N3OS/c1-11-9-18-15(20-11)10-17-12(2)13-3-5-14(6-4-13)19-8-7-16/h3-6,9,12,17H,8,10H2,1-2H3. The van der Waals surface area contributed by atoms with Crippen LogP contribution < -0.4 is 10.1 Å². The summed E-state index contributed by atoms with van der Waals surface area (Å²) in [5.41, 5.74) is 1.18. The number of ether oxygens (including phenoxy) is 1. The Morgan fingerprint density at radius 1 is 1.40 bits per heavy atom. The largest absolute Gasteiger partial charge is 0.479 e. The molecule has 2 aromatic rings. The van der Waals surface area contributed by atoms with Gasteiger partial charge >= 0.3 is 0 Å². The second-order valence-electron chi connectivity index (χ2n) is 4.48. The van der Waals surface area contributed by atoms with Crippen molar-refractivity contribution in [1.82, 2.24) is 10.3 Å². The van der Waals surface area contributed by atoms with E-state index in [1.54, 1.807) is 11.3 Å². The van der Waals surface area contributed by atoms with Gasteiger partial charge in [-0.3, -0.25) is 0 Å². The highest BCUT2D eigenvalue weighted by Gasteiger charge is 2.06. The Kier molecular flexibility index (Phi) is 5.10. The number of aromatic nitrogens is 1. The maximum Gasteiger partial charge on any atom is 0.174 e. The van der Waals surface area contributed by atoms with Gasteiger partial charge in [0, 0.05) is 23.7 Å². The normalized spacial score (nSPS) is 11.8. The van der Waals surface area contributed by atoms with Crippen LogP contribution in [0, 0.1) is 18.3 Å². The molecule has 0 fully saturated rings. The predicted octanol–water partition coefficient (Wildman–Crippen LogP) is 3.20. The number of aryl methyl sites for hydroxylation is 1. The molecule has 0 spiro atoms. The quantitative estimate of drug-likeness (QED) is 0.886. The molecule has 0 bridgehead atoms. The van der Waals surface area contributed by atoms with Crippen LogP contribution in [-0.2, 0) is 6.54 Å². The number of nitriles is 1. The lowest BCUT2D eigenvalue weighted by molar-refractivity contribution is 0.368. The van der Waals surface area contributed by atoms with Crippen molar-refractivity contribution in [1.29, 1.82) is 5.26 Å². The second-order valence-corrected chi connectivity index (χ2v) is 5.80. The van der Waals surface area contributed by atoms with Gasteiger partial charge in [-0.2, -0.15) is 5.26 Å². The van der Waals surface area contributed by atoms with E-state index < -0.39 is 0 Å². The highest BCUT2D eigenvalue weighted by Crippen LogP contribution is 2.18. The van der Waals surface area contributed by atoms with Crippen molar-refractivity contribution in [3.05, 3.63) is 45.9 Å². The summed E-state index contributed by atoms with van der Waals surface area (Å²) in [7, 11) is 0.